The van der Waals surface area contributed by atoms with Gasteiger partial charge >= 0.3 is 11.9 Å². The molecule has 2 aliphatic rings. The average Bonchev–Trinajstić information content (AvgIpc) is 3.63. The lowest BCUT2D eigenvalue weighted by atomic mass is 9.97. The molecule has 0 bridgehead atoms. The number of carbonyl (C=O) groups excluding carboxylic acids is 1. The summed E-state index contributed by atoms with van der Waals surface area (Å²) in [4.78, 5) is 22.1. The van der Waals surface area contributed by atoms with Crippen LogP contribution in [0.2, 0.25) is 0 Å². The topological polar surface area (TPSA) is 63.6 Å². The molecule has 4 nitrogen and oxygen atoms in total. The highest BCUT2D eigenvalue weighted by molar-refractivity contribution is 5.77. The summed E-state index contributed by atoms with van der Waals surface area (Å²) in [5, 5.41) is 8.98. The number of benzene rings is 2. The number of aryl methyl sites for hydroxylation is 1. The minimum Gasteiger partial charge on any atom is -0.481 e. The second-order valence-electron chi connectivity index (χ2n) is 7.75. The van der Waals surface area contributed by atoms with Crippen molar-refractivity contribution in [3.63, 3.8) is 0 Å². The van der Waals surface area contributed by atoms with Crippen molar-refractivity contribution >= 4 is 11.9 Å². The van der Waals surface area contributed by atoms with E-state index < -0.39 is 5.97 Å². The first-order chi connectivity index (χ1) is 13.6. The molecule has 4 rings (SSSR count). The summed E-state index contributed by atoms with van der Waals surface area (Å²) in [6, 6.07) is 20.2. The third-order valence-electron chi connectivity index (χ3n) is 5.43. The van der Waals surface area contributed by atoms with Gasteiger partial charge in [0.25, 0.3) is 0 Å². The smallest absolute Gasteiger partial charge is 0.309 e. The Kier molecular flexibility index (Phi) is 6.85. The summed E-state index contributed by atoms with van der Waals surface area (Å²) in [6.45, 7) is 0.513. The first-order valence-electron chi connectivity index (χ1n) is 10.1. The highest BCUT2D eigenvalue weighted by Crippen LogP contribution is 2.49. The summed E-state index contributed by atoms with van der Waals surface area (Å²) in [6.07, 6.45) is 6.23. The van der Waals surface area contributed by atoms with Gasteiger partial charge in [-0.15, -0.1) is 0 Å². The maximum Gasteiger partial charge on any atom is 0.309 e. The molecule has 0 aliphatic heterocycles. The first kappa shape index (κ1) is 20.1. The lowest BCUT2D eigenvalue weighted by Gasteiger charge is -2.08. The SMILES string of the molecule is O=C(O)C1(CCc2ccccc2)CC1.O=C(OCCc1ccccc1)C1CC1. The van der Waals surface area contributed by atoms with Gasteiger partial charge in [0.1, 0.15) is 0 Å². The molecule has 148 valence electrons. The van der Waals surface area contributed by atoms with Gasteiger partial charge in [0.2, 0.25) is 0 Å². The first-order valence-corrected chi connectivity index (χ1v) is 10.1. The number of hydrogen-bond acceptors (Lipinski definition) is 3. The fourth-order valence-corrected chi connectivity index (χ4v) is 3.10. The van der Waals surface area contributed by atoms with E-state index in [0.717, 1.165) is 44.9 Å². The third kappa shape index (κ3) is 6.22. The van der Waals surface area contributed by atoms with Gasteiger partial charge in [0, 0.05) is 6.42 Å². The number of ether oxygens (including phenoxy) is 1. The predicted molar refractivity (Wildman–Crippen MR) is 108 cm³/mol. The van der Waals surface area contributed by atoms with Crippen LogP contribution in [0.5, 0.6) is 0 Å². The monoisotopic (exact) mass is 380 g/mol. The molecule has 0 aromatic heterocycles. The Morgan fingerprint density at radius 3 is 1.89 bits per heavy atom. The van der Waals surface area contributed by atoms with E-state index in [2.05, 4.69) is 12.1 Å². The Balaban J connectivity index is 0.000000161. The van der Waals surface area contributed by atoms with E-state index in [-0.39, 0.29) is 17.3 Å². The van der Waals surface area contributed by atoms with E-state index in [0.29, 0.717) is 6.61 Å². The second kappa shape index (κ2) is 9.54. The van der Waals surface area contributed by atoms with Crippen LogP contribution in [0.15, 0.2) is 60.7 Å². The van der Waals surface area contributed by atoms with Crippen molar-refractivity contribution in [2.24, 2.45) is 11.3 Å². The van der Waals surface area contributed by atoms with Crippen molar-refractivity contribution in [3.05, 3.63) is 71.8 Å². The van der Waals surface area contributed by atoms with Crippen LogP contribution in [0.25, 0.3) is 0 Å². The lowest BCUT2D eigenvalue weighted by Crippen LogP contribution is -2.15. The van der Waals surface area contributed by atoms with Gasteiger partial charge in [-0.3, -0.25) is 9.59 Å². The average molecular weight is 380 g/mol. The molecular weight excluding hydrogens is 352 g/mol. The van der Waals surface area contributed by atoms with Crippen LogP contribution in [-0.4, -0.2) is 23.7 Å². The van der Waals surface area contributed by atoms with Gasteiger partial charge in [0.05, 0.1) is 17.9 Å². The standard InChI is InChI=1S/2C12H14O2/c13-12(11-6-7-11)14-9-8-10-4-2-1-3-5-10;13-11(14)12(8-9-12)7-6-10-4-2-1-3-5-10/h1-5,11H,6-9H2;1-5H,6-9H2,(H,13,14). The van der Waals surface area contributed by atoms with Crippen LogP contribution < -0.4 is 0 Å². The van der Waals surface area contributed by atoms with E-state index in [4.69, 9.17) is 9.84 Å². The van der Waals surface area contributed by atoms with Crippen molar-refractivity contribution in [1.29, 1.82) is 0 Å². The minimum atomic E-state index is -0.617. The number of carboxylic acid groups (broad SMARTS) is 1. The summed E-state index contributed by atoms with van der Waals surface area (Å²) in [5.74, 6) is -0.417. The molecule has 0 unspecified atom stereocenters. The molecule has 0 radical (unpaired) electrons. The molecule has 2 aromatic carbocycles. The molecule has 0 spiro atoms. The third-order valence-corrected chi connectivity index (χ3v) is 5.43. The van der Waals surface area contributed by atoms with Crippen LogP contribution in [0.4, 0.5) is 0 Å². The van der Waals surface area contributed by atoms with E-state index >= 15 is 0 Å². The fourth-order valence-electron chi connectivity index (χ4n) is 3.10. The van der Waals surface area contributed by atoms with Crippen molar-refractivity contribution in [1.82, 2.24) is 0 Å². The molecule has 0 heterocycles. The van der Waals surface area contributed by atoms with Crippen molar-refractivity contribution in [2.75, 3.05) is 6.61 Å². The number of carbonyl (C=O) groups is 2. The van der Waals surface area contributed by atoms with Gasteiger partial charge in [-0.05, 0) is 49.7 Å². The van der Waals surface area contributed by atoms with E-state index in [1.54, 1.807) is 0 Å². The van der Waals surface area contributed by atoms with Crippen molar-refractivity contribution < 1.29 is 19.4 Å². The fraction of sp³-hybridized carbons (Fsp3) is 0.417. The van der Waals surface area contributed by atoms with Crippen molar-refractivity contribution in [2.45, 2.75) is 44.9 Å². The summed E-state index contributed by atoms with van der Waals surface area (Å²) < 4.78 is 5.13. The number of esters is 1. The maximum absolute atomic E-state index is 11.2. The summed E-state index contributed by atoms with van der Waals surface area (Å²) in [5.41, 5.74) is 2.08. The van der Waals surface area contributed by atoms with Crippen LogP contribution in [-0.2, 0) is 27.2 Å². The Labute approximate surface area is 166 Å². The highest BCUT2D eigenvalue weighted by Gasteiger charge is 2.49. The molecule has 2 aromatic rings. The maximum atomic E-state index is 11.2. The molecule has 1 N–H and O–H groups in total. The molecule has 28 heavy (non-hydrogen) atoms. The zero-order valence-electron chi connectivity index (χ0n) is 16.2. The molecule has 0 amide bonds. The van der Waals surface area contributed by atoms with Crippen molar-refractivity contribution in [3.8, 4) is 0 Å². The summed E-state index contributed by atoms with van der Waals surface area (Å²) >= 11 is 0. The lowest BCUT2D eigenvalue weighted by molar-refractivity contribution is -0.145. The predicted octanol–water partition coefficient (Wildman–Crippen LogP) is 4.67. The Morgan fingerprint density at radius 1 is 0.893 bits per heavy atom. The summed E-state index contributed by atoms with van der Waals surface area (Å²) in [7, 11) is 0. The minimum absolute atomic E-state index is 0.0130. The van der Waals surface area contributed by atoms with Gasteiger partial charge < -0.3 is 9.84 Å². The Morgan fingerprint density at radius 2 is 1.43 bits per heavy atom. The second-order valence-corrected chi connectivity index (χ2v) is 7.75. The Hall–Kier alpha value is -2.62. The van der Waals surface area contributed by atoms with Gasteiger partial charge in [-0.1, -0.05) is 60.7 Å². The quantitative estimate of drug-likeness (QED) is 0.676. The van der Waals surface area contributed by atoms with Crippen LogP contribution in [0, 0.1) is 11.3 Å². The molecule has 0 saturated heterocycles. The highest BCUT2D eigenvalue weighted by atomic mass is 16.5. The zero-order chi connectivity index (χ0) is 19.8. The zero-order valence-corrected chi connectivity index (χ0v) is 16.2. The van der Waals surface area contributed by atoms with Crippen LogP contribution in [0.3, 0.4) is 0 Å². The largest absolute Gasteiger partial charge is 0.481 e. The van der Waals surface area contributed by atoms with Gasteiger partial charge in [0.15, 0.2) is 0 Å². The molecule has 2 fully saturated rings. The van der Waals surface area contributed by atoms with Crippen LogP contribution in [0.1, 0.15) is 43.2 Å². The molecule has 2 saturated carbocycles. The molecule has 2 aliphatic carbocycles. The number of carboxylic acids is 1. The van der Waals surface area contributed by atoms with E-state index in [9.17, 15) is 9.59 Å². The van der Waals surface area contributed by atoms with E-state index in [1.807, 2.05) is 48.5 Å². The molecule has 0 atom stereocenters. The number of hydrogen-bond donors (Lipinski definition) is 1. The number of rotatable bonds is 8. The van der Waals surface area contributed by atoms with Gasteiger partial charge in [-0.25, -0.2) is 0 Å². The molecular formula is C24H28O4. The van der Waals surface area contributed by atoms with E-state index in [1.165, 1.54) is 11.1 Å². The van der Waals surface area contributed by atoms with Gasteiger partial charge in [-0.2, -0.15) is 0 Å². The number of aliphatic carboxylic acids is 1. The molecule has 4 heteroatoms. The van der Waals surface area contributed by atoms with Crippen LogP contribution >= 0.6 is 0 Å². The Bertz CT molecular complexity index is 760. The normalized spacial score (nSPS) is 16.4.